The lowest BCUT2D eigenvalue weighted by molar-refractivity contribution is 0.0939. The van der Waals surface area contributed by atoms with Crippen LogP contribution >= 0.6 is 35.6 Å². The van der Waals surface area contributed by atoms with Crippen LogP contribution in [0.2, 0.25) is 5.02 Å². The zero-order valence-corrected chi connectivity index (χ0v) is 11.7. The van der Waals surface area contributed by atoms with Crippen LogP contribution in [-0.4, -0.2) is 20.5 Å². The third-order valence-corrected chi connectivity index (χ3v) is 2.99. The standard InChI is InChI=1S/C10H12ClN3OS2/c1-6(2)17-10(16)14-13-9(15)8-5-7(11)3-4-12-8/h3-6H,1-2H3,(H,13,15)(H,14,16). The van der Waals surface area contributed by atoms with Gasteiger partial charge in [0.25, 0.3) is 5.91 Å². The van der Waals surface area contributed by atoms with E-state index < -0.39 is 0 Å². The van der Waals surface area contributed by atoms with E-state index in [2.05, 4.69) is 15.8 Å². The Morgan fingerprint density at radius 1 is 1.53 bits per heavy atom. The molecule has 0 aromatic carbocycles. The van der Waals surface area contributed by atoms with Gasteiger partial charge in [0, 0.05) is 16.5 Å². The first-order valence-electron chi connectivity index (χ1n) is 4.87. The minimum atomic E-state index is -0.376. The van der Waals surface area contributed by atoms with Crippen molar-refractivity contribution < 1.29 is 4.79 Å². The molecule has 0 aliphatic heterocycles. The molecule has 7 heteroatoms. The Bertz CT molecular complexity index is 426. The van der Waals surface area contributed by atoms with Crippen molar-refractivity contribution in [1.29, 1.82) is 0 Å². The van der Waals surface area contributed by atoms with Crippen LogP contribution in [0.5, 0.6) is 0 Å². The van der Waals surface area contributed by atoms with E-state index in [0.29, 0.717) is 14.6 Å². The van der Waals surface area contributed by atoms with Crippen molar-refractivity contribution in [3.63, 3.8) is 0 Å². The van der Waals surface area contributed by atoms with Crippen LogP contribution < -0.4 is 10.9 Å². The third-order valence-electron chi connectivity index (χ3n) is 1.58. The maximum Gasteiger partial charge on any atom is 0.288 e. The molecule has 1 aromatic rings. The van der Waals surface area contributed by atoms with Crippen molar-refractivity contribution in [3.05, 3.63) is 29.0 Å². The molecule has 4 nitrogen and oxygen atoms in total. The van der Waals surface area contributed by atoms with Crippen molar-refractivity contribution in [3.8, 4) is 0 Å². The van der Waals surface area contributed by atoms with Gasteiger partial charge in [-0.25, -0.2) is 0 Å². The fraction of sp³-hybridized carbons (Fsp3) is 0.300. The van der Waals surface area contributed by atoms with E-state index in [1.54, 1.807) is 6.07 Å². The van der Waals surface area contributed by atoms with Gasteiger partial charge in [0.05, 0.1) is 0 Å². The number of carbonyl (C=O) groups is 1. The number of amides is 1. The molecule has 1 rings (SSSR count). The van der Waals surface area contributed by atoms with Crippen molar-refractivity contribution >= 4 is 45.8 Å². The lowest BCUT2D eigenvalue weighted by Crippen LogP contribution is -2.40. The average molecular weight is 290 g/mol. The molecule has 0 aliphatic carbocycles. The quantitative estimate of drug-likeness (QED) is 0.647. The number of rotatable bonds is 2. The van der Waals surface area contributed by atoms with Gasteiger partial charge < -0.3 is 0 Å². The fourth-order valence-electron chi connectivity index (χ4n) is 0.944. The number of carbonyl (C=O) groups excluding carboxylic acids is 1. The van der Waals surface area contributed by atoms with Crippen LogP contribution in [0.3, 0.4) is 0 Å². The second-order valence-corrected chi connectivity index (χ2v) is 6.08. The molecule has 92 valence electrons. The van der Waals surface area contributed by atoms with Gasteiger partial charge in [0.15, 0.2) is 4.32 Å². The summed E-state index contributed by atoms with van der Waals surface area (Å²) in [6.07, 6.45) is 1.47. The Labute approximate surface area is 114 Å². The van der Waals surface area contributed by atoms with Gasteiger partial charge in [-0.1, -0.05) is 49.4 Å². The van der Waals surface area contributed by atoms with Crippen LogP contribution in [0.4, 0.5) is 0 Å². The highest BCUT2D eigenvalue weighted by Gasteiger charge is 2.08. The van der Waals surface area contributed by atoms with E-state index in [1.807, 2.05) is 13.8 Å². The molecule has 1 amide bonds. The van der Waals surface area contributed by atoms with Crippen LogP contribution in [0.1, 0.15) is 24.3 Å². The lowest BCUT2D eigenvalue weighted by Gasteiger charge is -2.10. The van der Waals surface area contributed by atoms with E-state index in [0.717, 1.165) is 0 Å². The van der Waals surface area contributed by atoms with Crippen molar-refractivity contribution in [1.82, 2.24) is 15.8 Å². The number of nitrogens with one attached hydrogen (secondary N) is 2. The monoisotopic (exact) mass is 289 g/mol. The van der Waals surface area contributed by atoms with Crippen LogP contribution in [0.15, 0.2) is 18.3 Å². The summed E-state index contributed by atoms with van der Waals surface area (Å²) in [7, 11) is 0. The zero-order chi connectivity index (χ0) is 12.8. The number of aromatic nitrogens is 1. The molecule has 0 aliphatic rings. The maximum atomic E-state index is 11.6. The zero-order valence-electron chi connectivity index (χ0n) is 9.36. The smallest absolute Gasteiger partial charge is 0.283 e. The van der Waals surface area contributed by atoms with Crippen LogP contribution in [0, 0.1) is 0 Å². The van der Waals surface area contributed by atoms with Gasteiger partial charge in [-0.3, -0.25) is 20.6 Å². The van der Waals surface area contributed by atoms with Crippen molar-refractivity contribution in [2.75, 3.05) is 0 Å². The second-order valence-electron chi connectivity index (χ2n) is 3.39. The molecule has 0 fully saturated rings. The maximum absolute atomic E-state index is 11.6. The predicted molar refractivity (Wildman–Crippen MR) is 75.2 cm³/mol. The minimum absolute atomic E-state index is 0.238. The van der Waals surface area contributed by atoms with Gasteiger partial charge in [-0.05, 0) is 12.1 Å². The van der Waals surface area contributed by atoms with E-state index in [9.17, 15) is 4.79 Å². The van der Waals surface area contributed by atoms with E-state index in [4.69, 9.17) is 23.8 Å². The van der Waals surface area contributed by atoms with Crippen molar-refractivity contribution in [2.24, 2.45) is 0 Å². The molecule has 0 radical (unpaired) electrons. The fourth-order valence-corrected chi connectivity index (χ4v) is 2.27. The highest BCUT2D eigenvalue weighted by atomic mass is 35.5. The van der Waals surface area contributed by atoms with Gasteiger partial charge in [-0.15, -0.1) is 0 Å². The Hall–Kier alpha value is -0.850. The summed E-state index contributed by atoms with van der Waals surface area (Å²) >= 11 is 12.2. The number of pyridine rings is 1. The summed E-state index contributed by atoms with van der Waals surface area (Å²) in [5.74, 6) is -0.376. The number of hydrogen-bond acceptors (Lipinski definition) is 4. The first-order valence-corrected chi connectivity index (χ1v) is 6.54. The molecule has 0 saturated carbocycles. The summed E-state index contributed by atoms with van der Waals surface area (Å²) in [6, 6.07) is 3.09. The first-order chi connectivity index (χ1) is 7.99. The summed E-state index contributed by atoms with van der Waals surface area (Å²) in [5.41, 5.74) is 5.34. The number of thiocarbonyl (C=S) groups is 1. The number of nitrogens with zero attached hydrogens (tertiary/aromatic N) is 1. The Balaban J connectivity index is 2.48. The number of hydrogen-bond donors (Lipinski definition) is 2. The van der Waals surface area contributed by atoms with Crippen LogP contribution in [-0.2, 0) is 0 Å². The average Bonchev–Trinajstić information content (AvgIpc) is 2.25. The SMILES string of the molecule is CC(C)SC(=S)NNC(=O)c1cc(Cl)ccn1. The minimum Gasteiger partial charge on any atom is -0.283 e. The highest BCUT2D eigenvalue weighted by Crippen LogP contribution is 2.10. The van der Waals surface area contributed by atoms with E-state index in [1.165, 1.54) is 24.0 Å². The number of halogens is 1. The highest BCUT2D eigenvalue weighted by molar-refractivity contribution is 8.23. The summed E-state index contributed by atoms with van der Waals surface area (Å²) in [5, 5.41) is 0.820. The molecule has 1 heterocycles. The van der Waals surface area contributed by atoms with Crippen LogP contribution in [0.25, 0.3) is 0 Å². The third kappa shape index (κ3) is 5.34. The van der Waals surface area contributed by atoms with E-state index >= 15 is 0 Å². The topological polar surface area (TPSA) is 54.0 Å². The number of hydrazine groups is 1. The van der Waals surface area contributed by atoms with Gasteiger partial charge in [-0.2, -0.15) is 0 Å². The summed E-state index contributed by atoms with van der Waals surface area (Å²) in [6.45, 7) is 4.03. The van der Waals surface area contributed by atoms with Crippen molar-refractivity contribution in [2.45, 2.75) is 19.1 Å². The molecule has 0 atom stereocenters. The molecule has 0 spiro atoms. The van der Waals surface area contributed by atoms with Gasteiger partial charge in [0.2, 0.25) is 0 Å². The number of thioether (sulfide) groups is 1. The Kier molecular flexibility index (Phi) is 5.67. The largest absolute Gasteiger partial charge is 0.288 e. The molecular formula is C10H12ClN3OS2. The predicted octanol–water partition coefficient (Wildman–Crippen LogP) is 2.40. The molecule has 0 unspecified atom stereocenters. The normalized spacial score (nSPS) is 10.1. The molecular weight excluding hydrogens is 278 g/mol. The Morgan fingerprint density at radius 2 is 2.24 bits per heavy atom. The summed E-state index contributed by atoms with van der Waals surface area (Å²) in [4.78, 5) is 15.5. The molecule has 2 N–H and O–H groups in total. The van der Waals surface area contributed by atoms with E-state index in [-0.39, 0.29) is 11.6 Å². The molecule has 0 saturated heterocycles. The molecule has 0 bridgehead atoms. The summed E-state index contributed by atoms with van der Waals surface area (Å²) < 4.78 is 0.510. The van der Waals surface area contributed by atoms with Gasteiger partial charge >= 0.3 is 0 Å². The second kappa shape index (κ2) is 6.78. The lowest BCUT2D eigenvalue weighted by atomic mass is 10.3. The van der Waals surface area contributed by atoms with Gasteiger partial charge in [0.1, 0.15) is 5.69 Å². The molecule has 17 heavy (non-hydrogen) atoms. The first kappa shape index (κ1) is 14.2. The Morgan fingerprint density at radius 3 is 2.82 bits per heavy atom. The molecule has 1 aromatic heterocycles.